The second kappa shape index (κ2) is 9.40. The first-order chi connectivity index (χ1) is 16.9. The number of aromatic nitrogens is 2. The summed E-state index contributed by atoms with van der Waals surface area (Å²) in [5.74, 6) is -0.798. The van der Waals surface area contributed by atoms with E-state index in [1.807, 2.05) is 66.9 Å². The summed E-state index contributed by atoms with van der Waals surface area (Å²) in [6.45, 7) is 1.92. The van der Waals surface area contributed by atoms with Crippen molar-refractivity contribution in [3.05, 3.63) is 99.7 Å². The fraction of sp³-hybridized carbons (Fsp3) is 0.0741. The van der Waals surface area contributed by atoms with Crippen LogP contribution in [0.15, 0.2) is 88.1 Å². The number of rotatable bonds is 6. The van der Waals surface area contributed by atoms with Crippen LogP contribution in [-0.4, -0.2) is 31.3 Å². The number of aryl methyl sites for hydroxylation is 1. The van der Waals surface area contributed by atoms with Gasteiger partial charge in [-0.05, 0) is 36.2 Å². The first kappa shape index (κ1) is 22.9. The van der Waals surface area contributed by atoms with Crippen molar-refractivity contribution in [1.82, 2.24) is 9.55 Å². The van der Waals surface area contributed by atoms with E-state index in [2.05, 4.69) is 0 Å². The molecule has 0 fully saturated rings. The van der Waals surface area contributed by atoms with Crippen LogP contribution in [-0.2, 0) is 0 Å². The number of nitrogens with zero attached hydrogens (tertiary/aromatic N) is 2. The molecule has 0 bridgehead atoms. The molecule has 5 rings (SSSR count). The maximum absolute atomic E-state index is 13.9. The van der Waals surface area contributed by atoms with E-state index in [0.29, 0.717) is 21.1 Å². The minimum Gasteiger partial charge on any atom is -0.508 e. The maximum Gasteiger partial charge on any atom is 0.268 e. The van der Waals surface area contributed by atoms with Crippen molar-refractivity contribution in [1.29, 1.82) is 0 Å². The van der Waals surface area contributed by atoms with Crippen LogP contribution in [0, 0.1) is 6.92 Å². The second-order valence-electron chi connectivity index (χ2n) is 7.93. The lowest BCUT2D eigenvalue weighted by Crippen LogP contribution is -2.22. The third kappa shape index (κ3) is 4.34. The van der Waals surface area contributed by atoms with Crippen molar-refractivity contribution in [2.45, 2.75) is 12.1 Å². The van der Waals surface area contributed by atoms with Gasteiger partial charge in [-0.3, -0.25) is 14.2 Å². The van der Waals surface area contributed by atoms with Crippen LogP contribution >= 0.6 is 23.1 Å². The molecule has 3 aromatic carbocycles. The largest absolute Gasteiger partial charge is 0.508 e. The highest BCUT2D eigenvalue weighted by Crippen LogP contribution is 2.33. The summed E-state index contributed by atoms with van der Waals surface area (Å²) < 4.78 is 1.56. The second-order valence-corrected chi connectivity index (χ2v) is 9.73. The fourth-order valence-electron chi connectivity index (χ4n) is 3.89. The highest BCUT2D eigenvalue weighted by atomic mass is 32.2. The average molecular weight is 501 g/mol. The number of hydrogen-bond donors (Lipinski definition) is 2. The van der Waals surface area contributed by atoms with Gasteiger partial charge in [-0.2, -0.15) is 0 Å². The fourth-order valence-corrected chi connectivity index (χ4v) is 5.77. The van der Waals surface area contributed by atoms with Crippen LogP contribution < -0.4 is 5.56 Å². The van der Waals surface area contributed by atoms with Crippen molar-refractivity contribution >= 4 is 39.1 Å². The van der Waals surface area contributed by atoms with Crippen molar-refractivity contribution in [3.63, 3.8) is 0 Å². The molecule has 0 aliphatic carbocycles. The number of phenols is 2. The summed E-state index contributed by atoms with van der Waals surface area (Å²) >= 11 is 2.53. The molecule has 0 aliphatic heterocycles. The van der Waals surface area contributed by atoms with E-state index in [0.717, 1.165) is 34.5 Å². The first-order valence-corrected chi connectivity index (χ1v) is 12.6. The number of hydrogen-bond acceptors (Lipinski definition) is 7. The predicted octanol–water partition coefficient (Wildman–Crippen LogP) is 5.81. The third-order valence-corrected chi connectivity index (χ3v) is 7.44. The molecule has 0 saturated heterocycles. The Morgan fingerprint density at radius 1 is 1.03 bits per heavy atom. The number of ketones is 1. The minimum atomic E-state index is -0.339. The number of para-hydroxylation sites is 1. The third-order valence-electron chi connectivity index (χ3n) is 5.63. The van der Waals surface area contributed by atoms with E-state index >= 15 is 0 Å². The van der Waals surface area contributed by atoms with Crippen molar-refractivity contribution < 1.29 is 15.0 Å². The topological polar surface area (TPSA) is 92.4 Å². The Morgan fingerprint density at radius 3 is 2.51 bits per heavy atom. The molecule has 2 heterocycles. The molecule has 0 saturated carbocycles. The van der Waals surface area contributed by atoms with Gasteiger partial charge in [0.1, 0.15) is 16.3 Å². The van der Waals surface area contributed by atoms with Gasteiger partial charge in [-0.1, -0.05) is 60.3 Å². The molecule has 35 heavy (non-hydrogen) atoms. The Hall–Kier alpha value is -3.88. The zero-order valence-electron chi connectivity index (χ0n) is 18.6. The summed E-state index contributed by atoms with van der Waals surface area (Å²) in [7, 11) is 0. The van der Waals surface area contributed by atoms with Gasteiger partial charge in [0.25, 0.3) is 5.56 Å². The normalized spacial score (nSPS) is 11.1. The van der Waals surface area contributed by atoms with Gasteiger partial charge < -0.3 is 10.2 Å². The quantitative estimate of drug-likeness (QED) is 0.174. The molecule has 8 heteroatoms. The molecule has 174 valence electrons. The Kier molecular flexibility index (Phi) is 6.15. The molecule has 0 atom stereocenters. The van der Waals surface area contributed by atoms with Gasteiger partial charge >= 0.3 is 0 Å². The molecule has 2 aromatic heterocycles. The van der Waals surface area contributed by atoms with Crippen molar-refractivity contribution in [2.24, 2.45) is 0 Å². The highest BCUT2D eigenvalue weighted by molar-refractivity contribution is 7.99. The molecule has 0 spiro atoms. The monoisotopic (exact) mass is 500 g/mol. The van der Waals surface area contributed by atoms with Crippen molar-refractivity contribution in [3.8, 4) is 28.3 Å². The van der Waals surface area contributed by atoms with E-state index in [-0.39, 0.29) is 34.2 Å². The number of carbonyl (C=O) groups excluding carboxylic acids is 1. The number of benzene rings is 3. The summed E-state index contributed by atoms with van der Waals surface area (Å²) in [4.78, 5) is 32.1. The number of aromatic hydroxyl groups is 2. The van der Waals surface area contributed by atoms with Crippen LogP contribution in [0.4, 0.5) is 0 Å². The Labute approximate surface area is 209 Å². The lowest BCUT2D eigenvalue weighted by atomic mass is 10.1. The zero-order valence-corrected chi connectivity index (χ0v) is 20.3. The summed E-state index contributed by atoms with van der Waals surface area (Å²) in [6, 6.07) is 21.1. The smallest absolute Gasteiger partial charge is 0.268 e. The van der Waals surface area contributed by atoms with E-state index in [9.17, 15) is 19.8 Å². The number of carbonyl (C=O) groups is 1. The lowest BCUT2D eigenvalue weighted by molar-refractivity contribution is 0.102. The van der Waals surface area contributed by atoms with E-state index in [1.54, 1.807) is 4.57 Å². The summed E-state index contributed by atoms with van der Waals surface area (Å²) in [5, 5.41) is 22.4. The Bertz CT molecular complexity index is 1620. The number of thiophene rings is 1. The molecular formula is C27H20N2O4S2. The van der Waals surface area contributed by atoms with Crippen LogP contribution in [0.2, 0.25) is 0 Å². The van der Waals surface area contributed by atoms with Gasteiger partial charge in [-0.25, -0.2) is 4.98 Å². The molecular weight excluding hydrogens is 480 g/mol. The molecule has 2 N–H and O–H groups in total. The van der Waals surface area contributed by atoms with Gasteiger partial charge in [0, 0.05) is 17.0 Å². The average Bonchev–Trinajstić information content (AvgIpc) is 3.28. The zero-order chi connectivity index (χ0) is 24.5. The molecule has 0 aliphatic rings. The summed E-state index contributed by atoms with van der Waals surface area (Å²) in [5.41, 5.74) is 3.26. The Balaban J connectivity index is 1.63. The number of Topliss-reactive ketones (excluding diaryl/α,β-unsaturated/α-hetero) is 1. The standard InChI is InChI=1S/C27H20N2O4S2/c1-16-7-5-6-10-21(16)29-26(33)24-20(17-8-3-2-4-9-17)14-34-25(24)28-27(29)35-15-23(32)19-12-11-18(30)13-22(19)31/h2-14,30-31H,15H2,1H3. The maximum atomic E-state index is 13.9. The SMILES string of the molecule is Cc1ccccc1-n1c(SCC(=O)c2ccc(O)cc2O)nc2scc(-c3ccccc3)c2c1=O. The van der Waals surface area contributed by atoms with Crippen molar-refractivity contribution in [2.75, 3.05) is 5.75 Å². The Morgan fingerprint density at radius 2 is 1.77 bits per heavy atom. The van der Waals surface area contributed by atoms with Gasteiger partial charge in [0.05, 0.1) is 22.4 Å². The highest BCUT2D eigenvalue weighted by Gasteiger charge is 2.21. The van der Waals surface area contributed by atoms with Crippen LogP contribution in [0.25, 0.3) is 27.0 Å². The van der Waals surface area contributed by atoms with Gasteiger partial charge in [-0.15, -0.1) is 11.3 Å². The number of thioether (sulfide) groups is 1. The molecule has 0 unspecified atom stereocenters. The van der Waals surface area contributed by atoms with Gasteiger partial charge in [0.15, 0.2) is 10.9 Å². The van der Waals surface area contributed by atoms with Crippen LogP contribution in [0.3, 0.4) is 0 Å². The molecule has 0 radical (unpaired) electrons. The first-order valence-electron chi connectivity index (χ1n) is 10.8. The predicted molar refractivity (Wildman–Crippen MR) is 140 cm³/mol. The summed E-state index contributed by atoms with van der Waals surface area (Å²) in [6.07, 6.45) is 0. The van der Waals surface area contributed by atoms with Crippen LogP contribution in [0.5, 0.6) is 11.5 Å². The minimum absolute atomic E-state index is 0.0426. The van der Waals surface area contributed by atoms with Gasteiger partial charge in [0.2, 0.25) is 0 Å². The lowest BCUT2D eigenvalue weighted by Gasteiger charge is -2.14. The van der Waals surface area contributed by atoms with E-state index in [1.165, 1.54) is 23.5 Å². The molecule has 5 aromatic rings. The van der Waals surface area contributed by atoms with E-state index < -0.39 is 0 Å². The molecule has 6 nitrogen and oxygen atoms in total. The number of phenolic OH excluding ortho intramolecular Hbond substituents is 2. The van der Waals surface area contributed by atoms with Crippen LogP contribution in [0.1, 0.15) is 15.9 Å². The molecule has 0 amide bonds. The number of fused-ring (bicyclic) bond motifs is 1. The van der Waals surface area contributed by atoms with E-state index in [4.69, 9.17) is 4.98 Å².